The van der Waals surface area contributed by atoms with Gasteiger partial charge in [-0.1, -0.05) is 91.0 Å². The standard InChI is InChI=1S/C27H19N3O3/c31-19-21-16-20-18-28-29(25(20)17-26(21)30(32)33)27(22-10-4-1-5-11-22,23-12-6-2-7-13-23)24-14-8-3-9-15-24/h1-19H. The van der Waals surface area contributed by atoms with Gasteiger partial charge in [0, 0.05) is 11.5 Å². The van der Waals surface area contributed by atoms with Gasteiger partial charge in [-0.05, 0) is 22.8 Å². The van der Waals surface area contributed by atoms with Crippen molar-refractivity contribution in [1.29, 1.82) is 0 Å². The Balaban J connectivity index is 1.96. The van der Waals surface area contributed by atoms with Crippen molar-refractivity contribution in [3.63, 3.8) is 0 Å². The maximum atomic E-state index is 11.7. The summed E-state index contributed by atoms with van der Waals surface area (Å²) in [6.07, 6.45) is 2.16. The number of rotatable bonds is 6. The van der Waals surface area contributed by atoms with E-state index >= 15 is 0 Å². The summed E-state index contributed by atoms with van der Waals surface area (Å²) in [6, 6.07) is 32.8. The molecule has 5 aromatic rings. The molecule has 0 amide bonds. The highest BCUT2D eigenvalue weighted by Gasteiger charge is 2.40. The molecule has 0 spiro atoms. The Morgan fingerprint density at radius 1 is 0.788 bits per heavy atom. The minimum atomic E-state index is -0.901. The number of hydrogen-bond donors (Lipinski definition) is 0. The molecule has 6 heteroatoms. The molecule has 1 aromatic heterocycles. The van der Waals surface area contributed by atoms with Crippen LogP contribution in [0.2, 0.25) is 0 Å². The first-order valence-electron chi connectivity index (χ1n) is 10.4. The minimum Gasteiger partial charge on any atom is -0.298 e. The molecule has 4 aromatic carbocycles. The lowest BCUT2D eigenvalue weighted by molar-refractivity contribution is -0.384. The van der Waals surface area contributed by atoms with Gasteiger partial charge in [-0.2, -0.15) is 5.10 Å². The molecular weight excluding hydrogens is 414 g/mol. The van der Waals surface area contributed by atoms with Gasteiger partial charge in [-0.15, -0.1) is 0 Å². The fourth-order valence-electron chi connectivity index (χ4n) is 4.51. The maximum absolute atomic E-state index is 11.7. The first-order chi connectivity index (χ1) is 16.2. The fourth-order valence-corrected chi connectivity index (χ4v) is 4.51. The number of hydrogen-bond acceptors (Lipinski definition) is 4. The Bertz CT molecular complexity index is 1350. The summed E-state index contributed by atoms with van der Waals surface area (Å²) >= 11 is 0. The van der Waals surface area contributed by atoms with E-state index < -0.39 is 10.5 Å². The Kier molecular flexibility index (Phi) is 5.03. The van der Waals surface area contributed by atoms with Crippen molar-refractivity contribution in [3.8, 4) is 0 Å². The van der Waals surface area contributed by atoms with Crippen molar-refractivity contribution in [2.75, 3.05) is 0 Å². The van der Waals surface area contributed by atoms with Gasteiger partial charge in [0.15, 0.2) is 6.29 Å². The van der Waals surface area contributed by atoms with Crippen molar-refractivity contribution in [1.82, 2.24) is 9.78 Å². The predicted octanol–water partition coefficient (Wildman–Crippen LogP) is 5.60. The lowest BCUT2D eigenvalue weighted by atomic mass is 9.77. The van der Waals surface area contributed by atoms with E-state index in [0.717, 1.165) is 16.7 Å². The third kappa shape index (κ3) is 3.20. The second kappa shape index (κ2) is 8.16. The largest absolute Gasteiger partial charge is 0.298 e. The van der Waals surface area contributed by atoms with Crippen LogP contribution in [-0.4, -0.2) is 21.0 Å². The highest BCUT2D eigenvalue weighted by molar-refractivity contribution is 5.92. The number of fused-ring (bicyclic) bond motifs is 1. The number of nitrogens with zero attached hydrogens (tertiary/aromatic N) is 3. The van der Waals surface area contributed by atoms with Gasteiger partial charge in [0.05, 0.1) is 22.2 Å². The van der Waals surface area contributed by atoms with Crippen LogP contribution in [-0.2, 0) is 5.54 Å². The number of nitro benzene ring substituents is 1. The zero-order valence-electron chi connectivity index (χ0n) is 17.5. The lowest BCUT2D eigenvalue weighted by Gasteiger charge is -2.37. The van der Waals surface area contributed by atoms with Crippen LogP contribution in [0, 0.1) is 10.1 Å². The second-order valence-electron chi connectivity index (χ2n) is 7.71. The average Bonchev–Trinajstić information content (AvgIpc) is 3.29. The molecule has 5 rings (SSSR count). The fraction of sp³-hybridized carbons (Fsp3) is 0.0370. The molecule has 0 saturated heterocycles. The monoisotopic (exact) mass is 433 g/mol. The number of aromatic nitrogens is 2. The number of aldehydes is 1. The van der Waals surface area contributed by atoms with E-state index in [0.29, 0.717) is 17.2 Å². The van der Waals surface area contributed by atoms with Crippen LogP contribution < -0.4 is 0 Å². The smallest absolute Gasteiger partial charge is 0.282 e. The van der Waals surface area contributed by atoms with Gasteiger partial charge in [0.2, 0.25) is 0 Å². The summed E-state index contributed by atoms with van der Waals surface area (Å²) in [5.41, 5.74) is 2.30. The maximum Gasteiger partial charge on any atom is 0.282 e. The molecule has 6 nitrogen and oxygen atoms in total. The SMILES string of the molecule is O=Cc1cc2cnn(C(c3ccccc3)(c3ccccc3)c3ccccc3)c2cc1[N+](=O)[O-]. The number of carbonyl (C=O) groups excluding carboxylic acids is 1. The van der Waals surface area contributed by atoms with Crippen LogP contribution in [0.4, 0.5) is 5.69 Å². The van der Waals surface area contributed by atoms with Gasteiger partial charge < -0.3 is 0 Å². The lowest BCUT2D eigenvalue weighted by Crippen LogP contribution is -2.38. The van der Waals surface area contributed by atoms with E-state index in [2.05, 4.69) is 0 Å². The summed E-state index contributed by atoms with van der Waals surface area (Å²) in [5.74, 6) is 0. The summed E-state index contributed by atoms with van der Waals surface area (Å²) in [7, 11) is 0. The molecule has 0 atom stereocenters. The van der Waals surface area contributed by atoms with Gasteiger partial charge in [-0.25, -0.2) is 4.68 Å². The predicted molar refractivity (Wildman–Crippen MR) is 126 cm³/mol. The van der Waals surface area contributed by atoms with E-state index in [1.165, 1.54) is 12.1 Å². The van der Waals surface area contributed by atoms with Crippen molar-refractivity contribution < 1.29 is 9.72 Å². The summed E-state index contributed by atoms with van der Waals surface area (Å²) < 4.78 is 1.82. The molecule has 33 heavy (non-hydrogen) atoms. The normalized spacial score (nSPS) is 11.4. The van der Waals surface area contributed by atoms with Gasteiger partial charge in [0.25, 0.3) is 5.69 Å². The number of benzene rings is 4. The molecule has 0 N–H and O–H groups in total. The quantitative estimate of drug-likeness (QED) is 0.151. The minimum absolute atomic E-state index is 0.0248. The summed E-state index contributed by atoms with van der Waals surface area (Å²) in [4.78, 5) is 22.7. The first-order valence-corrected chi connectivity index (χ1v) is 10.4. The molecule has 0 radical (unpaired) electrons. The topological polar surface area (TPSA) is 78.0 Å². The molecular formula is C27H19N3O3. The number of nitro groups is 1. The molecule has 0 aliphatic heterocycles. The molecule has 0 saturated carbocycles. The molecule has 0 unspecified atom stereocenters. The first kappa shape index (κ1) is 20.3. The molecule has 160 valence electrons. The van der Waals surface area contributed by atoms with Gasteiger partial charge in [0.1, 0.15) is 5.54 Å². The highest BCUT2D eigenvalue weighted by Crippen LogP contribution is 2.42. The van der Waals surface area contributed by atoms with Crippen LogP contribution in [0.1, 0.15) is 27.0 Å². The molecule has 0 bridgehead atoms. The Morgan fingerprint density at radius 3 is 1.70 bits per heavy atom. The Hall–Kier alpha value is -4.58. The Labute approximate surface area is 189 Å². The number of carbonyl (C=O) groups is 1. The van der Waals surface area contributed by atoms with Gasteiger partial charge in [-0.3, -0.25) is 14.9 Å². The van der Waals surface area contributed by atoms with E-state index in [9.17, 15) is 14.9 Å². The molecule has 0 fully saturated rings. The molecule has 0 aliphatic rings. The van der Waals surface area contributed by atoms with E-state index in [1.54, 1.807) is 6.20 Å². The van der Waals surface area contributed by atoms with Crippen LogP contribution in [0.15, 0.2) is 109 Å². The van der Waals surface area contributed by atoms with E-state index in [1.807, 2.05) is 95.7 Å². The Morgan fingerprint density at radius 2 is 1.27 bits per heavy atom. The average molecular weight is 433 g/mol. The third-order valence-electron chi connectivity index (χ3n) is 5.93. The van der Waals surface area contributed by atoms with Crippen LogP contribution >= 0.6 is 0 Å². The highest BCUT2D eigenvalue weighted by atomic mass is 16.6. The van der Waals surface area contributed by atoms with Crippen molar-refractivity contribution >= 4 is 22.9 Å². The molecule has 1 heterocycles. The van der Waals surface area contributed by atoms with Crippen molar-refractivity contribution in [2.45, 2.75) is 5.54 Å². The van der Waals surface area contributed by atoms with Crippen molar-refractivity contribution in [3.05, 3.63) is 142 Å². The van der Waals surface area contributed by atoms with Gasteiger partial charge >= 0.3 is 0 Å². The second-order valence-corrected chi connectivity index (χ2v) is 7.71. The molecule has 0 aliphatic carbocycles. The zero-order valence-corrected chi connectivity index (χ0v) is 17.5. The van der Waals surface area contributed by atoms with Crippen molar-refractivity contribution in [2.24, 2.45) is 0 Å². The van der Waals surface area contributed by atoms with E-state index in [4.69, 9.17) is 5.10 Å². The van der Waals surface area contributed by atoms with E-state index in [-0.39, 0.29) is 11.3 Å². The zero-order chi connectivity index (χ0) is 22.8. The summed E-state index contributed by atoms with van der Waals surface area (Å²) in [5, 5.41) is 17.1. The van der Waals surface area contributed by atoms with Crippen LogP contribution in [0.25, 0.3) is 10.9 Å². The third-order valence-corrected chi connectivity index (χ3v) is 5.93. The summed E-state index contributed by atoms with van der Waals surface area (Å²) in [6.45, 7) is 0. The van der Waals surface area contributed by atoms with Crippen LogP contribution in [0.5, 0.6) is 0 Å². The van der Waals surface area contributed by atoms with Crippen LogP contribution in [0.3, 0.4) is 0 Å².